The van der Waals surface area contributed by atoms with E-state index in [1.54, 1.807) is 0 Å². The molecular weight excluding hydrogens is 190 g/mol. The van der Waals surface area contributed by atoms with Crippen molar-refractivity contribution >= 4 is 11.6 Å². The van der Waals surface area contributed by atoms with Crippen LogP contribution in [-0.4, -0.2) is 27.4 Å². The van der Waals surface area contributed by atoms with E-state index in [0.717, 1.165) is 18.7 Å². The number of aromatic amines is 1. The zero-order valence-corrected chi connectivity index (χ0v) is 7.79. The third-order valence-electron chi connectivity index (χ3n) is 2.93. The zero-order chi connectivity index (χ0) is 8.84. The minimum Gasteiger partial charge on any atom is -0.374 e. The Kier molecular flexibility index (Phi) is 1.60. The Morgan fingerprint density at radius 2 is 2.38 bits per heavy atom. The van der Waals surface area contributed by atoms with E-state index in [2.05, 4.69) is 15.2 Å². The molecule has 3 atom stereocenters. The van der Waals surface area contributed by atoms with Gasteiger partial charge in [0.15, 0.2) is 0 Å². The van der Waals surface area contributed by atoms with Gasteiger partial charge < -0.3 is 4.74 Å². The van der Waals surface area contributed by atoms with Crippen molar-refractivity contribution in [1.29, 1.82) is 0 Å². The van der Waals surface area contributed by atoms with E-state index in [4.69, 9.17) is 16.3 Å². The van der Waals surface area contributed by atoms with Crippen LogP contribution in [0.4, 0.5) is 0 Å². The van der Waals surface area contributed by atoms with Gasteiger partial charge >= 0.3 is 0 Å². The number of fused-ring (bicyclic) bond motifs is 2. The second kappa shape index (κ2) is 2.69. The van der Waals surface area contributed by atoms with Crippen molar-refractivity contribution in [2.75, 3.05) is 0 Å². The molecule has 2 aliphatic heterocycles. The van der Waals surface area contributed by atoms with E-state index in [-0.39, 0.29) is 0 Å². The number of hydrogen-bond acceptors (Lipinski definition) is 3. The van der Waals surface area contributed by atoms with Gasteiger partial charge in [-0.15, -0.1) is 5.10 Å². The Hall–Kier alpha value is -0.610. The van der Waals surface area contributed by atoms with Crippen molar-refractivity contribution in [3.63, 3.8) is 0 Å². The van der Waals surface area contributed by atoms with Crippen molar-refractivity contribution in [3.05, 3.63) is 11.1 Å². The molecule has 2 saturated heterocycles. The summed E-state index contributed by atoms with van der Waals surface area (Å²) in [5.74, 6) is 1.27. The number of aromatic nitrogens is 3. The summed E-state index contributed by atoms with van der Waals surface area (Å²) in [6.45, 7) is 0. The highest BCUT2D eigenvalue weighted by Crippen LogP contribution is 2.43. The molecule has 2 aliphatic rings. The van der Waals surface area contributed by atoms with Crippen LogP contribution in [0.1, 0.15) is 31.0 Å². The van der Waals surface area contributed by atoms with Gasteiger partial charge in [0.05, 0.1) is 12.2 Å². The first-order valence-electron chi connectivity index (χ1n) is 4.56. The number of ether oxygens (including phenoxy) is 1. The molecule has 0 radical (unpaired) electrons. The minimum absolute atomic E-state index is 0.303. The zero-order valence-electron chi connectivity index (χ0n) is 7.03. The monoisotopic (exact) mass is 199 g/mol. The summed E-state index contributed by atoms with van der Waals surface area (Å²) in [6.07, 6.45) is 4.19. The van der Waals surface area contributed by atoms with Gasteiger partial charge in [-0.25, -0.2) is 4.98 Å². The lowest BCUT2D eigenvalue weighted by molar-refractivity contribution is 0.0999. The lowest BCUT2D eigenvalue weighted by Crippen LogP contribution is -2.15. The van der Waals surface area contributed by atoms with Gasteiger partial charge in [0, 0.05) is 5.92 Å². The largest absolute Gasteiger partial charge is 0.374 e. The summed E-state index contributed by atoms with van der Waals surface area (Å²) in [6, 6.07) is 0. The maximum absolute atomic E-state index is 5.72. The SMILES string of the molecule is Clc1n[nH]c(C2CC3CCC2O3)n1. The standard InChI is InChI=1S/C8H10ClN3O/c9-8-10-7(11-12-8)5-3-4-1-2-6(5)13-4/h4-6H,1-3H2,(H,10,11,12). The molecule has 3 heterocycles. The van der Waals surface area contributed by atoms with Crippen LogP contribution in [0.5, 0.6) is 0 Å². The van der Waals surface area contributed by atoms with Crippen molar-refractivity contribution in [1.82, 2.24) is 15.2 Å². The van der Waals surface area contributed by atoms with Crippen LogP contribution in [0.2, 0.25) is 5.28 Å². The first-order chi connectivity index (χ1) is 6.33. The van der Waals surface area contributed by atoms with Crippen LogP contribution in [-0.2, 0) is 4.74 Å². The van der Waals surface area contributed by atoms with Crippen LogP contribution in [0, 0.1) is 0 Å². The molecule has 5 heteroatoms. The molecule has 3 rings (SSSR count). The van der Waals surface area contributed by atoms with E-state index in [1.165, 1.54) is 6.42 Å². The smallest absolute Gasteiger partial charge is 0.242 e. The number of halogens is 1. The Morgan fingerprint density at radius 3 is 2.92 bits per heavy atom. The van der Waals surface area contributed by atoms with E-state index in [0.29, 0.717) is 23.4 Å². The number of rotatable bonds is 1. The minimum atomic E-state index is 0.303. The van der Waals surface area contributed by atoms with Gasteiger partial charge in [0.25, 0.3) is 0 Å². The highest BCUT2D eigenvalue weighted by molar-refractivity contribution is 6.28. The molecule has 70 valence electrons. The molecule has 0 spiro atoms. The van der Waals surface area contributed by atoms with Gasteiger partial charge in [-0.2, -0.15) is 0 Å². The van der Waals surface area contributed by atoms with E-state index in [9.17, 15) is 0 Å². The van der Waals surface area contributed by atoms with E-state index < -0.39 is 0 Å². The van der Waals surface area contributed by atoms with Crippen molar-refractivity contribution < 1.29 is 4.74 Å². The first-order valence-corrected chi connectivity index (χ1v) is 4.94. The first kappa shape index (κ1) is 7.76. The van der Waals surface area contributed by atoms with E-state index >= 15 is 0 Å². The number of hydrogen-bond donors (Lipinski definition) is 1. The van der Waals surface area contributed by atoms with Crippen molar-refractivity contribution in [2.24, 2.45) is 0 Å². The Labute approximate surface area is 80.6 Å². The normalized spacial score (nSPS) is 37.2. The second-order valence-electron chi connectivity index (χ2n) is 3.71. The Balaban J connectivity index is 1.87. The molecule has 1 aromatic rings. The van der Waals surface area contributed by atoms with Crippen LogP contribution in [0.3, 0.4) is 0 Å². The topological polar surface area (TPSA) is 50.8 Å². The molecule has 2 fully saturated rings. The average molecular weight is 200 g/mol. The fourth-order valence-corrected chi connectivity index (χ4v) is 2.48. The summed E-state index contributed by atoms with van der Waals surface area (Å²) >= 11 is 5.65. The number of nitrogens with one attached hydrogen (secondary N) is 1. The summed E-state index contributed by atoms with van der Waals surface area (Å²) in [7, 11) is 0. The number of H-pyrrole nitrogens is 1. The third kappa shape index (κ3) is 1.16. The van der Waals surface area contributed by atoms with Gasteiger partial charge in [0.1, 0.15) is 5.82 Å². The summed E-state index contributed by atoms with van der Waals surface area (Å²) in [5, 5.41) is 6.98. The summed E-state index contributed by atoms with van der Waals surface area (Å²) < 4.78 is 5.72. The molecule has 0 aliphatic carbocycles. The number of nitrogens with zero attached hydrogens (tertiary/aromatic N) is 2. The Bertz CT molecular complexity index is 327. The molecule has 0 amide bonds. The molecule has 13 heavy (non-hydrogen) atoms. The van der Waals surface area contributed by atoms with E-state index in [1.807, 2.05) is 0 Å². The van der Waals surface area contributed by atoms with Gasteiger partial charge in [0.2, 0.25) is 5.28 Å². The molecule has 2 bridgehead atoms. The summed E-state index contributed by atoms with van der Waals surface area (Å²) in [4.78, 5) is 4.13. The highest BCUT2D eigenvalue weighted by atomic mass is 35.5. The molecule has 1 N–H and O–H groups in total. The molecule has 4 nitrogen and oxygen atoms in total. The molecule has 3 unspecified atom stereocenters. The Morgan fingerprint density at radius 1 is 1.46 bits per heavy atom. The molecule has 0 saturated carbocycles. The average Bonchev–Trinajstić information content (AvgIpc) is 2.77. The van der Waals surface area contributed by atoms with Crippen LogP contribution < -0.4 is 0 Å². The lowest BCUT2D eigenvalue weighted by Gasteiger charge is -2.14. The highest BCUT2D eigenvalue weighted by Gasteiger charge is 2.42. The third-order valence-corrected chi connectivity index (χ3v) is 3.10. The van der Waals surface area contributed by atoms with Crippen molar-refractivity contribution in [3.8, 4) is 0 Å². The molecule has 1 aromatic heterocycles. The molecular formula is C8H10ClN3O. The fourth-order valence-electron chi connectivity index (χ4n) is 2.34. The maximum Gasteiger partial charge on any atom is 0.242 e. The van der Waals surface area contributed by atoms with Crippen LogP contribution in [0.15, 0.2) is 0 Å². The van der Waals surface area contributed by atoms with Crippen molar-refractivity contribution in [2.45, 2.75) is 37.4 Å². The van der Waals surface area contributed by atoms with Crippen LogP contribution >= 0.6 is 11.6 Å². The van der Waals surface area contributed by atoms with Gasteiger partial charge in [-0.1, -0.05) is 0 Å². The van der Waals surface area contributed by atoms with Gasteiger partial charge in [-0.05, 0) is 30.9 Å². The lowest BCUT2D eigenvalue weighted by atomic mass is 9.89. The predicted molar refractivity (Wildman–Crippen MR) is 46.6 cm³/mol. The second-order valence-corrected chi connectivity index (χ2v) is 4.04. The molecule has 0 aromatic carbocycles. The van der Waals surface area contributed by atoms with Gasteiger partial charge in [-0.3, -0.25) is 5.10 Å². The quantitative estimate of drug-likeness (QED) is 0.746. The van der Waals surface area contributed by atoms with Crippen LogP contribution in [0.25, 0.3) is 0 Å². The maximum atomic E-state index is 5.72. The summed E-state index contributed by atoms with van der Waals surface area (Å²) in [5.41, 5.74) is 0. The predicted octanol–water partition coefficient (Wildman–Crippen LogP) is 1.49. The fraction of sp³-hybridized carbons (Fsp3) is 0.750.